The van der Waals surface area contributed by atoms with Crippen LogP contribution in [0.1, 0.15) is 37.4 Å². The van der Waals surface area contributed by atoms with Crippen LogP contribution in [0.3, 0.4) is 0 Å². The van der Waals surface area contributed by atoms with Gasteiger partial charge in [0.15, 0.2) is 5.78 Å². The van der Waals surface area contributed by atoms with Crippen molar-refractivity contribution < 1.29 is 4.79 Å². The average molecular weight is 243 g/mol. The molecule has 2 rings (SSSR count). The Hall–Kier alpha value is -0.340. The minimum Gasteiger partial charge on any atom is -0.293 e. The number of thiophene rings is 1. The zero-order chi connectivity index (χ0) is 11.4. The first-order valence-corrected chi connectivity index (χ1v) is 6.27. The second-order valence-electron chi connectivity index (χ2n) is 5.34. The van der Waals surface area contributed by atoms with Gasteiger partial charge in [0.2, 0.25) is 0 Å². The number of hydrogen-bond acceptors (Lipinski definition) is 2. The topological polar surface area (TPSA) is 17.1 Å². The summed E-state index contributed by atoms with van der Waals surface area (Å²) in [4.78, 5) is 13.0. The summed E-state index contributed by atoms with van der Waals surface area (Å²) in [5.41, 5.74) is 0.223. The summed E-state index contributed by atoms with van der Waals surface area (Å²) >= 11 is 7.22. The van der Waals surface area contributed by atoms with Crippen LogP contribution in [0, 0.1) is 16.7 Å². The van der Waals surface area contributed by atoms with Gasteiger partial charge in [0.05, 0.1) is 9.21 Å². The predicted octanol–water partition coefficient (Wildman–Crippen LogP) is 4.27. The number of hydrogen-bond donors (Lipinski definition) is 0. The molecule has 1 aromatic heterocycles. The highest BCUT2D eigenvalue weighted by atomic mass is 35.5. The van der Waals surface area contributed by atoms with E-state index in [-0.39, 0.29) is 22.5 Å². The number of rotatable bonds is 2. The Labute approximate surface area is 99.5 Å². The maximum atomic E-state index is 12.2. The minimum atomic E-state index is 0.112. The first-order valence-electron chi connectivity index (χ1n) is 5.08. The van der Waals surface area contributed by atoms with Crippen LogP contribution in [0.4, 0.5) is 0 Å². The molecule has 1 nitrogen and oxygen atoms in total. The molecule has 82 valence electrons. The predicted molar refractivity (Wildman–Crippen MR) is 64.7 cm³/mol. The molecule has 0 aliphatic heterocycles. The van der Waals surface area contributed by atoms with Crippen molar-refractivity contribution in [1.29, 1.82) is 0 Å². The molecule has 0 atom stereocenters. The SMILES string of the molecule is CC1(C)C(C(=O)c2ccc(Cl)s2)C1(C)C. The van der Waals surface area contributed by atoms with Crippen LogP contribution in [-0.4, -0.2) is 5.78 Å². The molecule has 1 saturated carbocycles. The van der Waals surface area contributed by atoms with Crippen molar-refractivity contribution in [3.8, 4) is 0 Å². The molecule has 0 aromatic carbocycles. The van der Waals surface area contributed by atoms with Crippen molar-refractivity contribution in [3.63, 3.8) is 0 Å². The summed E-state index contributed by atoms with van der Waals surface area (Å²) in [6.07, 6.45) is 0. The molecular formula is C12H15ClOS. The Morgan fingerprint density at radius 1 is 1.27 bits per heavy atom. The van der Waals surface area contributed by atoms with Gasteiger partial charge < -0.3 is 0 Å². The van der Waals surface area contributed by atoms with Gasteiger partial charge >= 0.3 is 0 Å². The normalized spacial score (nSPS) is 22.7. The van der Waals surface area contributed by atoms with Crippen molar-refractivity contribution in [2.45, 2.75) is 27.7 Å². The zero-order valence-electron chi connectivity index (χ0n) is 9.43. The summed E-state index contributed by atoms with van der Waals surface area (Å²) in [6, 6.07) is 3.63. The van der Waals surface area contributed by atoms with Crippen LogP contribution >= 0.6 is 22.9 Å². The lowest BCUT2D eigenvalue weighted by molar-refractivity contribution is 0.0949. The first-order chi connectivity index (χ1) is 6.78. The molecule has 0 spiro atoms. The molecule has 0 bridgehead atoms. The molecule has 0 amide bonds. The van der Waals surface area contributed by atoms with E-state index in [9.17, 15) is 4.79 Å². The van der Waals surface area contributed by atoms with Gasteiger partial charge in [-0.25, -0.2) is 0 Å². The van der Waals surface area contributed by atoms with Crippen LogP contribution in [-0.2, 0) is 0 Å². The molecule has 0 N–H and O–H groups in total. The Morgan fingerprint density at radius 3 is 2.13 bits per heavy atom. The fraction of sp³-hybridized carbons (Fsp3) is 0.583. The maximum absolute atomic E-state index is 12.2. The summed E-state index contributed by atoms with van der Waals surface area (Å²) in [5, 5.41) is 0. The van der Waals surface area contributed by atoms with Crippen molar-refractivity contribution in [3.05, 3.63) is 21.3 Å². The second kappa shape index (κ2) is 3.08. The second-order valence-corrected chi connectivity index (χ2v) is 7.06. The largest absolute Gasteiger partial charge is 0.293 e. The number of halogens is 1. The molecule has 1 fully saturated rings. The molecule has 3 heteroatoms. The third-order valence-corrected chi connectivity index (χ3v) is 5.34. The Balaban J connectivity index is 2.26. The first kappa shape index (κ1) is 11.2. The van der Waals surface area contributed by atoms with E-state index in [1.54, 1.807) is 6.07 Å². The highest BCUT2D eigenvalue weighted by Crippen LogP contribution is 2.69. The maximum Gasteiger partial charge on any atom is 0.177 e. The highest BCUT2D eigenvalue weighted by molar-refractivity contribution is 7.18. The molecule has 0 unspecified atom stereocenters. The van der Waals surface area contributed by atoms with E-state index in [1.165, 1.54) is 11.3 Å². The van der Waals surface area contributed by atoms with E-state index in [0.717, 1.165) is 4.88 Å². The van der Waals surface area contributed by atoms with Crippen LogP contribution in [0.25, 0.3) is 0 Å². The molecule has 0 radical (unpaired) electrons. The van der Waals surface area contributed by atoms with Gasteiger partial charge in [-0.3, -0.25) is 4.79 Å². The molecule has 0 saturated heterocycles. The number of carbonyl (C=O) groups is 1. The number of ketones is 1. The lowest BCUT2D eigenvalue weighted by Crippen LogP contribution is -2.05. The van der Waals surface area contributed by atoms with E-state index < -0.39 is 0 Å². The Morgan fingerprint density at radius 2 is 1.80 bits per heavy atom. The average Bonchev–Trinajstić information content (AvgIpc) is 2.49. The monoisotopic (exact) mass is 242 g/mol. The highest BCUT2D eigenvalue weighted by Gasteiger charge is 2.68. The van der Waals surface area contributed by atoms with Crippen molar-refractivity contribution in [2.75, 3.05) is 0 Å². The smallest absolute Gasteiger partial charge is 0.177 e. The fourth-order valence-electron chi connectivity index (χ4n) is 2.44. The Kier molecular flexibility index (Phi) is 2.29. The van der Waals surface area contributed by atoms with Crippen molar-refractivity contribution >= 4 is 28.7 Å². The summed E-state index contributed by atoms with van der Waals surface area (Å²) in [7, 11) is 0. The van der Waals surface area contributed by atoms with Crippen LogP contribution in [0.15, 0.2) is 12.1 Å². The lowest BCUT2D eigenvalue weighted by Gasteiger charge is -2.03. The van der Waals surface area contributed by atoms with Crippen LogP contribution in [0.5, 0.6) is 0 Å². The minimum absolute atomic E-state index is 0.112. The Bertz CT molecular complexity index is 403. The van der Waals surface area contributed by atoms with E-state index in [1.807, 2.05) is 6.07 Å². The van der Waals surface area contributed by atoms with E-state index in [4.69, 9.17) is 11.6 Å². The molecule has 1 aromatic rings. The van der Waals surface area contributed by atoms with Crippen LogP contribution in [0.2, 0.25) is 4.34 Å². The van der Waals surface area contributed by atoms with Gasteiger partial charge in [0, 0.05) is 5.92 Å². The van der Waals surface area contributed by atoms with E-state index in [2.05, 4.69) is 27.7 Å². The van der Waals surface area contributed by atoms with Crippen LogP contribution < -0.4 is 0 Å². The quantitative estimate of drug-likeness (QED) is 0.708. The van der Waals surface area contributed by atoms with Crippen molar-refractivity contribution in [2.24, 2.45) is 16.7 Å². The van der Waals surface area contributed by atoms with Gasteiger partial charge in [0.25, 0.3) is 0 Å². The summed E-state index contributed by atoms with van der Waals surface area (Å²) in [6.45, 7) is 8.63. The zero-order valence-corrected chi connectivity index (χ0v) is 11.0. The molecule has 1 heterocycles. The van der Waals surface area contributed by atoms with E-state index in [0.29, 0.717) is 4.34 Å². The van der Waals surface area contributed by atoms with Gasteiger partial charge in [-0.05, 0) is 23.0 Å². The molecule has 15 heavy (non-hydrogen) atoms. The fourth-order valence-corrected chi connectivity index (χ4v) is 3.45. The summed E-state index contributed by atoms with van der Waals surface area (Å²) in [5.74, 6) is 0.390. The third kappa shape index (κ3) is 1.46. The standard InChI is InChI=1S/C12H15ClOS/c1-11(2)10(12(11,3)4)9(14)7-5-6-8(13)15-7/h5-6,10H,1-4H3. The van der Waals surface area contributed by atoms with Gasteiger partial charge in [-0.2, -0.15) is 0 Å². The van der Waals surface area contributed by atoms with Gasteiger partial charge in [-0.15, -0.1) is 11.3 Å². The summed E-state index contributed by atoms with van der Waals surface area (Å²) < 4.78 is 0.689. The molecule has 1 aliphatic rings. The van der Waals surface area contributed by atoms with Gasteiger partial charge in [0.1, 0.15) is 0 Å². The van der Waals surface area contributed by atoms with Gasteiger partial charge in [-0.1, -0.05) is 39.3 Å². The molecular weight excluding hydrogens is 228 g/mol. The molecule has 1 aliphatic carbocycles. The van der Waals surface area contributed by atoms with Crippen molar-refractivity contribution in [1.82, 2.24) is 0 Å². The van der Waals surface area contributed by atoms with E-state index >= 15 is 0 Å². The number of Topliss-reactive ketones (excluding diaryl/α,β-unsaturated/α-hetero) is 1. The lowest BCUT2D eigenvalue weighted by atomic mass is 10.0. The number of carbonyl (C=O) groups excluding carboxylic acids is 1. The third-order valence-electron chi connectivity index (χ3n) is 4.10.